The van der Waals surface area contributed by atoms with Crippen LogP contribution in [-0.4, -0.2) is 9.55 Å². The maximum atomic E-state index is 8.90. The van der Waals surface area contributed by atoms with Gasteiger partial charge in [0.2, 0.25) is 0 Å². The van der Waals surface area contributed by atoms with Crippen molar-refractivity contribution >= 4 is 44.6 Å². The van der Waals surface area contributed by atoms with Crippen LogP contribution in [0.3, 0.4) is 0 Å². The van der Waals surface area contributed by atoms with Crippen LogP contribution < -0.4 is 14.5 Å². The molecule has 318 valence electrons. The standard InChI is InChI=1S/C56H55N4O.Pt/c1-36-34-57-53(37(2)52(36)38-19-13-12-14-20-38)60-48-22-16-15-21-46(48)47-26-25-44(33-51(47)60)61-45-31-41(56(9,10)11)30-43(32-45)59-35-58(49-23-17-18-24-50(49)59)42-28-39(54(3,4)5)27-40(29-42)55(6,7)8;/h12-31,34-35H,1-11H3;/q-3;/i1D3,2D3;. The van der Waals surface area contributed by atoms with Crippen molar-refractivity contribution in [3.05, 3.63) is 174 Å². The fourth-order valence-corrected chi connectivity index (χ4v) is 8.12. The molecule has 0 saturated heterocycles. The van der Waals surface area contributed by atoms with E-state index in [9.17, 15) is 0 Å². The second-order valence-corrected chi connectivity index (χ2v) is 19.1. The van der Waals surface area contributed by atoms with Crippen LogP contribution in [0.15, 0.2) is 128 Å². The van der Waals surface area contributed by atoms with E-state index in [-0.39, 0.29) is 59.8 Å². The van der Waals surface area contributed by atoms with Crippen LogP contribution in [0.5, 0.6) is 11.5 Å². The molecule has 1 aliphatic rings. The molecule has 6 heteroatoms. The number of aryl methyl sites for hydroxylation is 1. The van der Waals surface area contributed by atoms with Crippen molar-refractivity contribution in [1.29, 1.82) is 0 Å². The van der Waals surface area contributed by atoms with Crippen molar-refractivity contribution in [1.82, 2.24) is 9.55 Å². The number of hydrogen-bond acceptors (Lipinski definition) is 4. The summed E-state index contributed by atoms with van der Waals surface area (Å²) in [6, 6.07) is 46.9. The number of rotatable bonds is 6. The van der Waals surface area contributed by atoms with Crippen molar-refractivity contribution < 1.29 is 34.0 Å². The zero-order valence-corrected chi connectivity index (χ0v) is 39.0. The molecule has 0 aliphatic carbocycles. The van der Waals surface area contributed by atoms with E-state index in [1.54, 1.807) is 28.8 Å². The number of hydrogen-bond donors (Lipinski definition) is 0. The minimum atomic E-state index is -2.76. The predicted molar refractivity (Wildman–Crippen MR) is 255 cm³/mol. The molecule has 0 N–H and O–H groups in total. The van der Waals surface area contributed by atoms with Gasteiger partial charge in [-0.15, -0.1) is 53.6 Å². The summed E-state index contributed by atoms with van der Waals surface area (Å²) in [5.74, 6) is 0.943. The number of ether oxygens (including phenoxy) is 1. The number of fused-ring (bicyclic) bond motifs is 4. The Bertz CT molecular complexity index is 3160. The summed E-state index contributed by atoms with van der Waals surface area (Å²) in [5, 5.41) is 1.64. The molecule has 1 aliphatic heterocycles. The molecule has 9 rings (SSSR count). The van der Waals surface area contributed by atoms with Gasteiger partial charge < -0.3 is 19.1 Å². The average molecular weight is 1000 g/mol. The third-order valence-electron chi connectivity index (χ3n) is 11.6. The van der Waals surface area contributed by atoms with E-state index < -0.39 is 13.7 Å². The first-order valence-electron chi connectivity index (χ1n) is 23.9. The van der Waals surface area contributed by atoms with E-state index in [0.717, 1.165) is 39.1 Å². The van der Waals surface area contributed by atoms with Crippen molar-refractivity contribution in [2.24, 2.45) is 0 Å². The third-order valence-corrected chi connectivity index (χ3v) is 11.6. The molecule has 8 aromatic rings. The van der Waals surface area contributed by atoms with Gasteiger partial charge in [0.25, 0.3) is 0 Å². The summed E-state index contributed by atoms with van der Waals surface area (Å²) < 4.78 is 60.6. The van der Waals surface area contributed by atoms with Gasteiger partial charge in [-0.1, -0.05) is 135 Å². The van der Waals surface area contributed by atoms with E-state index in [1.807, 2.05) is 48.5 Å². The SMILES string of the molecule is [2H]C([2H])([2H])c1cnc(-n2c3[c-]c(Oc4[c-]c(N5[CH-]N(c6cc(C(C)(C)C)cc(C(C)(C)C)c6)c6ccccc65)cc(C(C)(C)C)c4)ccc3c3ccccc32)c(C([2H])([2H])[2H])c1-c1ccccc1.[Pt]. The maximum Gasteiger partial charge on any atom is 0.139 e. The molecule has 6 aromatic carbocycles. The summed E-state index contributed by atoms with van der Waals surface area (Å²) in [7, 11) is 0. The molecule has 0 radical (unpaired) electrons. The number of pyridine rings is 1. The average Bonchev–Trinajstić information content (AvgIpc) is 3.80. The van der Waals surface area contributed by atoms with Crippen LogP contribution >= 0.6 is 0 Å². The van der Waals surface area contributed by atoms with Gasteiger partial charge in [-0.3, -0.25) is 0 Å². The molecule has 0 spiro atoms. The zero-order valence-electron chi connectivity index (χ0n) is 42.7. The van der Waals surface area contributed by atoms with Crippen LogP contribution in [0.2, 0.25) is 0 Å². The summed E-state index contributed by atoms with van der Waals surface area (Å²) in [6.07, 6.45) is 1.29. The Morgan fingerprint density at radius 3 is 1.90 bits per heavy atom. The molecule has 0 atom stereocenters. The Morgan fingerprint density at radius 2 is 1.24 bits per heavy atom. The molecule has 3 heterocycles. The first kappa shape index (κ1) is 35.9. The molecule has 0 unspecified atom stereocenters. The van der Waals surface area contributed by atoms with Crippen LogP contribution in [0, 0.1) is 32.5 Å². The van der Waals surface area contributed by atoms with Crippen LogP contribution in [0.1, 0.15) is 98.4 Å². The largest absolute Gasteiger partial charge is 0.509 e. The zero-order chi connectivity index (χ0) is 48.0. The summed E-state index contributed by atoms with van der Waals surface area (Å²) in [6.45, 7) is 16.8. The fraction of sp³-hybridized carbons (Fsp3) is 0.250. The Morgan fingerprint density at radius 1 is 0.613 bits per heavy atom. The number of anilines is 4. The number of benzene rings is 6. The van der Waals surface area contributed by atoms with Crippen molar-refractivity contribution in [2.75, 3.05) is 9.80 Å². The maximum absolute atomic E-state index is 8.90. The third kappa shape index (κ3) is 7.86. The van der Waals surface area contributed by atoms with Gasteiger partial charge in [0, 0.05) is 75.1 Å². The smallest absolute Gasteiger partial charge is 0.139 e. The molecule has 62 heavy (non-hydrogen) atoms. The van der Waals surface area contributed by atoms with E-state index in [2.05, 4.69) is 139 Å². The fourth-order valence-electron chi connectivity index (χ4n) is 8.12. The number of nitrogens with zero attached hydrogens (tertiary/aromatic N) is 4. The van der Waals surface area contributed by atoms with Gasteiger partial charge in [-0.05, 0) is 93.5 Å². The Hall–Kier alpha value is -5.64. The van der Waals surface area contributed by atoms with Gasteiger partial charge in [0.05, 0.1) is 0 Å². The predicted octanol–water partition coefficient (Wildman–Crippen LogP) is 15.2. The monoisotopic (exact) mass is 1000 g/mol. The van der Waals surface area contributed by atoms with Crippen LogP contribution in [0.4, 0.5) is 22.7 Å². The summed E-state index contributed by atoms with van der Waals surface area (Å²) in [5.41, 5.74) is 8.58. The second-order valence-electron chi connectivity index (χ2n) is 19.1. The molecule has 5 nitrogen and oxygen atoms in total. The van der Waals surface area contributed by atoms with Crippen molar-refractivity contribution in [3.63, 3.8) is 0 Å². The minimum absolute atomic E-state index is 0. The molecule has 2 aromatic heterocycles. The molecule has 0 amide bonds. The van der Waals surface area contributed by atoms with Crippen molar-refractivity contribution in [2.45, 2.75) is 92.3 Å². The van der Waals surface area contributed by atoms with Gasteiger partial charge in [-0.25, -0.2) is 4.98 Å². The van der Waals surface area contributed by atoms with Crippen LogP contribution in [-0.2, 0) is 37.3 Å². The molecule has 0 bridgehead atoms. The van der Waals surface area contributed by atoms with E-state index in [0.29, 0.717) is 28.1 Å². The Balaban J connectivity index is 0.00000625. The van der Waals surface area contributed by atoms with E-state index in [1.165, 1.54) is 17.3 Å². The molecule has 0 saturated carbocycles. The number of aromatic nitrogens is 2. The van der Waals surface area contributed by atoms with Crippen LogP contribution in [0.25, 0.3) is 38.8 Å². The van der Waals surface area contributed by atoms with E-state index in [4.69, 9.17) is 17.9 Å². The molecular formula is C56H55N4OPt-3. The van der Waals surface area contributed by atoms with Gasteiger partial charge in [0.1, 0.15) is 5.82 Å². The topological polar surface area (TPSA) is 33.5 Å². The van der Waals surface area contributed by atoms with E-state index >= 15 is 0 Å². The first-order chi connectivity index (χ1) is 31.4. The summed E-state index contributed by atoms with van der Waals surface area (Å²) in [4.78, 5) is 9.11. The Kier molecular flexibility index (Phi) is 9.22. The minimum Gasteiger partial charge on any atom is -0.509 e. The van der Waals surface area contributed by atoms with Gasteiger partial charge in [-0.2, -0.15) is 6.07 Å². The quantitative estimate of drug-likeness (QED) is 0.155. The molecular weight excluding hydrogens is 940 g/mol. The summed E-state index contributed by atoms with van der Waals surface area (Å²) >= 11 is 0. The second kappa shape index (κ2) is 15.9. The molecule has 0 fully saturated rings. The van der Waals surface area contributed by atoms with Gasteiger partial charge in [0.15, 0.2) is 0 Å². The van der Waals surface area contributed by atoms with Gasteiger partial charge >= 0.3 is 0 Å². The van der Waals surface area contributed by atoms with Crippen molar-refractivity contribution in [3.8, 4) is 28.4 Å². The first-order valence-corrected chi connectivity index (χ1v) is 20.9. The Labute approximate surface area is 391 Å². The normalized spacial score (nSPS) is 15.0. The number of para-hydroxylation sites is 3.